The Morgan fingerprint density at radius 1 is 1.21 bits per heavy atom. The van der Waals surface area contributed by atoms with Crippen molar-refractivity contribution >= 4 is 29.3 Å². The SMILES string of the molecule is O=C(N[C@H]1CC[C@H](O)CC1)c1cnc(N2CCC[C@H]2CO)nc1NCc1ccc(O)c(Cl)c1. The van der Waals surface area contributed by atoms with Gasteiger partial charge in [0.2, 0.25) is 5.95 Å². The minimum Gasteiger partial charge on any atom is -0.506 e. The monoisotopic (exact) mass is 475 g/mol. The normalized spacial score (nSPS) is 22.9. The lowest BCUT2D eigenvalue weighted by molar-refractivity contribution is 0.0867. The van der Waals surface area contributed by atoms with E-state index in [1.165, 1.54) is 12.3 Å². The number of nitrogens with zero attached hydrogens (tertiary/aromatic N) is 3. The van der Waals surface area contributed by atoms with Crippen molar-refractivity contribution in [3.63, 3.8) is 0 Å². The number of hydrogen-bond acceptors (Lipinski definition) is 8. The smallest absolute Gasteiger partial charge is 0.256 e. The predicted octanol–water partition coefficient (Wildman–Crippen LogP) is 2.44. The van der Waals surface area contributed by atoms with E-state index in [9.17, 15) is 20.1 Å². The van der Waals surface area contributed by atoms with E-state index in [1.54, 1.807) is 12.1 Å². The zero-order valence-corrected chi connectivity index (χ0v) is 19.1. The van der Waals surface area contributed by atoms with E-state index in [0.29, 0.717) is 36.7 Å². The summed E-state index contributed by atoms with van der Waals surface area (Å²) in [7, 11) is 0. The molecule has 9 nitrogen and oxygen atoms in total. The third kappa shape index (κ3) is 5.66. The molecule has 178 valence electrons. The standard InChI is InChI=1S/C23H30ClN5O4/c24-19-10-14(3-8-20(19)32)11-25-21-18(22(33)27-15-4-6-17(31)7-5-15)12-26-23(28-21)29-9-1-2-16(29)13-30/h3,8,10,12,15-17,30-32H,1-2,4-7,9,11,13H2,(H,27,33)(H,25,26,28)/t15-,16-,17-/m0/s1. The Bertz CT molecular complexity index is 983. The average molecular weight is 476 g/mol. The van der Waals surface area contributed by atoms with Crippen molar-refractivity contribution < 1.29 is 20.1 Å². The van der Waals surface area contributed by atoms with Crippen LogP contribution in [0.4, 0.5) is 11.8 Å². The summed E-state index contributed by atoms with van der Waals surface area (Å²) < 4.78 is 0. The Hall–Kier alpha value is -2.62. The highest BCUT2D eigenvalue weighted by atomic mass is 35.5. The van der Waals surface area contributed by atoms with Gasteiger partial charge in [-0.25, -0.2) is 4.98 Å². The third-order valence-corrected chi connectivity index (χ3v) is 6.67. The number of phenolic OH excluding ortho intramolecular Hbond substituents is 1. The van der Waals surface area contributed by atoms with Gasteiger partial charge in [-0.05, 0) is 56.2 Å². The number of benzene rings is 1. The maximum absolute atomic E-state index is 13.1. The Morgan fingerprint density at radius 3 is 2.73 bits per heavy atom. The van der Waals surface area contributed by atoms with Gasteiger partial charge in [0.05, 0.1) is 23.8 Å². The predicted molar refractivity (Wildman–Crippen MR) is 126 cm³/mol. The molecule has 33 heavy (non-hydrogen) atoms. The number of rotatable bonds is 7. The maximum atomic E-state index is 13.1. The lowest BCUT2D eigenvalue weighted by Gasteiger charge is -2.27. The Balaban J connectivity index is 1.56. The van der Waals surface area contributed by atoms with Crippen LogP contribution in [-0.4, -0.2) is 62.5 Å². The van der Waals surface area contributed by atoms with Gasteiger partial charge in [-0.2, -0.15) is 4.98 Å². The summed E-state index contributed by atoms with van der Waals surface area (Å²) in [4.78, 5) is 24.1. The van der Waals surface area contributed by atoms with Gasteiger partial charge in [-0.15, -0.1) is 0 Å². The van der Waals surface area contributed by atoms with Gasteiger partial charge >= 0.3 is 0 Å². The minimum atomic E-state index is -0.296. The zero-order chi connectivity index (χ0) is 23.4. The van der Waals surface area contributed by atoms with Crippen LogP contribution in [0.5, 0.6) is 5.75 Å². The van der Waals surface area contributed by atoms with E-state index in [4.69, 9.17) is 11.6 Å². The molecule has 1 saturated heterocycles. The van der Waals surface area contributed by atoms with E-state index in [1.807, 2.05) is 4.90 Å². The molecule has 0 bridgehead atoms. The van der Waals surface area contributed by atoms with Crippen molar-refractivity contribution in [3.05, 3.63) is 40.5 Å². The van der Waals surface area contributed by atoms with Crippen molar-refractivity contribution in [1.82, 2.24) is 15.3 Å². The van der Waals surface area contributed by atoms with Gasteiger partial charge in [-0.1, -0.05) is 17.7 Å². The second-order valence-corrected chi connectivity index (χ2v) is 9.13. The molecule has 1 atom stereocenters. The fourth-order valence-corrected chi connectivity index (χ4v) is 4.63. The first-order valence-electron chi connectivity index (χ1n) is 11.4. The number of anilines is 2. The summed E-state index contributed by atoms with van der Waals surface area (Å²) in [6, 6.07) is 4.88. The fraction of sp³-hybridized carbons (Fsp3) is 0.522. The summed E-state index contributed by atoms with van der Waals surface area (Å²) in [5, 5.41) is 35.6. The second kappa shape index (κ2) is 10.5. The van der Waals surface area contributed by atoms with Crippen LogP contribution in [0.2, 0.25) is 5.02 Å². The first-order chi connectivity index (χ1) is 15.9. The van der Waals surface area contributed by atoms with Crippen LogP contribution < -0.4 is 15.5 Å². The molecule has 1 aromatic carbocycles. The summed E-state index contributed by atoms with van der Waals surface area (Å²) in [6.07, 6.45) is 5.83. The van der Waals surface area contributed by atoms with Crippen LogP contribution >= 0.6 is 11.6 Å². The number of aromatic hydroxyl groups is 1. The molecule has 10 heteroatoms. The quantitative estimate of drug-likeness (QED) is 0.412. The number of amides is 1. The van der Waals surface area contributed by atoms with E-state index < -0.39 is 0 Å². The number of carbonyl (C=O) groups is 1. The highest BCUT2D eigenvalue weighted by Gasteiger charge is 2.28. The largest absolute Gasteiger partial charge is 0.506 e. The van der Waals surface area contributed by atoms with E-state index in [-0.39, 0.29) is 41.5 Å². The van der Waals surface area contributed by atoms with Crippen LogP contribution in [0.1, 0.15) is 54.4 Å². The van der Waals surface area contributed by atoms with E-state index in [0.717, 1.165) is 37.8 Å². The molecule has 1 amide bonds. The van der Waals surface area contributed by atoms with Gasteiger partial charge in [0, 0.05) is 25.3 Å². The van der Waals surface area contributed by atoms with Crippen LogP contribution in [-0.2, 0) is 6.54 Å². The molecule has 2 heterocycles. The first-order valence-corrected chi connectivity index (χ1v) is 11.8. The third-order valence-electron chi connectivity index (χ3n) is 6.37. The number of aromatic nitrogens is 2. The number of carbonyl (C=O) groups excluding carboxylic acids is 1. The lowest BCUT2D eigenvalue weighted by Crippen LogP contribution is -2.39. The maximum Gasteiger partial charge on any atom is 0.256 e. The van der Waals surface area contributed by atoms with E-state index >= 15 is 0 Å². The van der Waals surface area contributed by atoms with Crippen molar-refractivity contribution in [2.24, 2.45) is 0 Å². The second-order valence-electron chi connectivity index (χ2n) is 8.72. The average Bonchev–Trinajstić information content (AvgIpc) is 3.30. The number of aliphatic hydroxyl groups excluding tert-OH is 2. The van der Waals surface area contributed by atoms with Gasteiger partial charge < -0.3 is 30.9 Å². The van der Waals surface area contributed by atoms with Crippen LogP contribution in [0.3, 0.4) is 0 Å². The first kappa shape index (κ1) is 23.5. The molecule has 4 rings (SSSR count). The summed E-state index contributed by atoms with van der Waals surface area (Å²) in [6.45, 7) is 1.11. The molecule has 0 radical (unpaired) electrons. The lowest BCUT2D eigenvalue weighted by atomic mass is 9.93. The van der Waals surface area contributed by atoms with Crippen LogP contribution in [0.25, 0.3) is 0 Å². The minimum absolute atomic E-state index is 0.00156. The summed E-state index contributed by atoms with van der Waals surface area (Å²) in [5.74, 6) is 0.594. The van der Waals surface area contributed by atoms with Gasteiger partial charge in [0.1, 0.15) is 17.1 Å². The Kier molecular flexibility index (Phi) is 7.52. The van der Waals surface area contributed by atoms with Crippen LogP contribution in [0, 0.1) is 0 Å². The van der Waals surface area contributed by atoms with Crippen molar-refractivity contribution in [2.75, 3.05) is 23.4 Å². The molecule has 0 spiro atoms. The van der Waals surface area contributed by atoms with Crippen molar-refractivity contribution in [3.8, 4) is 5.75 Å². The number of hydrogen-bond donors (Lipinski definition) is 5. The number of aliphatic hydroxyl groups is 2. The topological polar surface area (TPSA) is 131 Å². The molecule has 1 aliphatic carbocycles. The molecule has 1 saturated carbocycles. The highest BCUT2D eigenvalue weighted by molar-refractivity contribution is 6.32. The number of phenols is 1. The van der Waals surface area contributed by atoms with Gasteiger partial charge in [0.25, 0.3) is 5.91 Å². The van der Waals surface area contributed by atoms with Crippen LogP contribution in [0.15, 0.2) is 24.4 Å². The number of nitrogens with one attached hydrogen (secondary N) is 2. The van der Waals surface area contributed by atoms with Crippen molar-refractivity contribution in [2.45, 2.75) is 63.3 Å². The molecule has 5 N–H and O–H groups in total. The summed E-state index contributed by atoms with van der Waals surface area (Å²) >= 11 is 6.02. The molecule has 0 unspecified atom stereocenters. The Labute approximate surface area is 197 Å². The molecule has 2 fully saturated rings. The van der Waals surface area contributed by atoms with E-state index in [2.05, 4.69) is 20.6 Å². The molecule has 1 aromatic heterocycles. The molecule has 1 aliphatic heterocycles. The molecule has 2 aliphatic rings. The Morgan fingerprint density at radius 2 is 2.00 bits per heavy atom. The summed E-state index contributed by atoms with van der Waals surface area (Å²) in [5.41, 5.74) is 1.15. The highest BCUT2D eigenvalue weighted by Crippen LogP contribution is 2.27. The number of halogens is 1. The fourth-order valence-electron chi connectivity index (χ4n) is 4.43. The molecular weight excluding hydrogens is 446 g/mol. The van der Waals surface area contributed by atoms with Crippen molar-refractivity contribution in [1.29, 1.82) is 0 Å². The van der Waals surface area contributed by atoms with Gasteiger partial charge in [-0.3, -0.25) is 4.79 Å². The van der Waals surface area contributed by atoms with Gasteiger partial charge in [0.15, 0.2) is 0 Å². The molecule has 2 aromatic rings. The zero-order valence-electron chi connectivity index (χ0n) is 18.4. The molecular formula is C23H30ClN5O4.